The molecule has 0 amide bonds. The fraction of sp³-hybridized carbons (Fsp3) is 0.400. The van der Waals surface area contributed by atoms with E-state index >= 15 is 0 Å². The van der Waals surface area contributed by atoms with Crippen molar-refractivity contribution in [2.75, 3.05) is 0 Å². The Morgan fingerprint density at radius 2 is 2.12 bits per heavy atom. The fourth-order valence-electron chi connectivity index (χ4n) is 0.566. The summed E-state index contributed by atoms with van der Waals surface area (Å²) >= 11 is 0. The van der Waals surface area contributed by atoms with E-state index in [2.05, 4.69) is 0 Å². The van der Waals surface area contributed by atoms with E-state index in [1.807, 2.05) is 0 Å². The molecule has 8 heavy (non-hydrogen) atoms. The molecule has 0 heterocycles. The van der Waals surface area contributed by atoms with Crippen LogP contribution in [-0.2, 0) is 4.79 Å². The molecule has 0 spiro atoms. The Hall–Kier alpha value is -0.670. The molecule has 0 aliphatic heterocycles. The van der Waals surface area contributed by atoms with Crippen LogP contribution in [-0.4, -0.2) is 28.2 Å². The molecule has 0 saturated carbocycles. The molecule has 3 heteroatoms. The lowest BCUT2D eigenvalue weighted by molar-refractivity contribution is -0.124. The van der Waals surface area contributed by atoms with E-state index in [4.69, 9.17) is 10.2 Å². The lowest BCUT2D eigenvalue weighted by Crippen LogP contribution is -2.25. The van der Waals surface area contributed by atoms with Crippen molar-refractivity contribution in [1.29, 1.82) is 0 Å². The molecule has 2 atom stereocenters. The van der Waals surface area contributed by atoms with Gasteiger partial charge in [0.05, 0.1) is 0 Å². The molecule has 1 rings (SSSR count). The van der Waals surface area contributed by atoms with E-state index < -0.39 is 18.0 Å². The summed E-state index contributed by atoms with van der Waals surface area (Å²) in [5.41, 5.74) is 0. The lowest BCUT2D eigenvalue weighted by Gasteiger charge is -2.01. The van der Waals surface area contributed by atoms with E-state index in [-0.39, 0.29) is 0 Å². The number of ketones is 1. The second-order valence-corrected chi connectivity index (χ2v) is 1.70. The average Bonchev–Trinajstić information content (AvgIpc) is 1.98. The van der Waals surface area contributed by atoms with Crippen LogP contribution in [0.25, 0.3) is 0 Å². The average molecular weight is 114 g/mol. The van der Waals surface area contributed by atoms with E-state index in [0.717, 1.165) is 0 Å². The summed E-state index contributed by atoms with van der Waals surface area (Å²) in [7, 11) is 0. The molecular weight excluding hydrogens is 108 g/mol. The zero-order valence-electron chi connectivity index (χ0n) is 4.11. The van der Waals surface area contributed by atoms with Gasteiger partial charge in [-0.1, -0.05) is 0 Å². The summed E-state index contributed by atoms with van der Waals surface area (Å²) in [4.78, 5) is 10.3. The third kappa shape index (κ3) is 0.657. The van der Waals surface area contributed by atoms with Crippen molar-refractivity contribution in [3.05, 3.63) is 12.2 Å². The van der Waals surface area contributed by atoms with Gasteiger partial charge in [-0.2, -0.15) is 0 Å². The van der Waals surface area contributed by atoms with Crippen molar-refractivity contribution in [3.8, 4) is 0 Å². The Balaban J connectivity index is 2.69. The highest BCUT2D eigenvalue weighted by molar-refractivity contribution is 5.96. The summed E-state index contributed by atoms with van der Waals surface area (Å²) in [6.07, 6.45) is 0.250. The van der Waals surface area contributed by atoms with E-state index in [9.17, 15) is 4.79 Å². The summed E-state index contributed by atoms with van der Waals surface area (Å²) < 4.78 is 0. The van der Waals surface area contributed by atoms with Crippen LogP contribution >= 0.6 is 0 Å². The summed E-state index contributed by atoms with van der Waals surface area (Å²) in [5.74, 6) is -0.419. The lowest BCUT2D eigenvalue weighted by atomic mass is 10.2. The van der Waals surface area contributed by atoms with Crippen molar-refractivity contribution in [1.82, 2.24) is 0 Å². The quantitative estimate of drug-likeness (QED) is 0.418. The van der Waals surface area contributed by atoms with Gasteiger partial charge < -0.3 is 10.2 Å². The molecule has 1 aliphatic carbocycles. The topological polar surface area (TPSA) is 57.5 Å². The molecule has 44 valence electrons. The van der Waals surface area contributed by atoms with Gasteiger partial charge in [-0.25, -0.2) is 0 Å². The van der Waals surface area contributed by atoms with Crippen molar-refractivity contribution in [3.63, 3.8) is 0 Å². The molecule has 1 unspecified atom stereocenters. The standard InChI is InChI=1S/C5H6O3/c6-3-1-2-4(7)5(3)8/h1-3,5-6,8H/t3?,5-/m0/s1. The van der Waals surface area contributed by atoms with Crippen LogP contribution in [0.15, 0.2) is 12.2 Å². The SMILES string of the molecule is O=C1C=CC(O)[C@@H]1O. The first-order chi connectivity index (χ1) is 3.72. The molecule has 0 aromatic rings. The zero-order valence-corrected chi connectivity index (χ0v) is 4.11. The number of aliphatic hydroxyl groups excluding tert-OH is 2. The summed E-state index contributed by atoms with van der Waals surface area (Å²) in [6, 6.07) is 0. The molecule has 0 fully saturated rings. The Labute approximate surface area is 46.3 Å². The number of rotatable bonds is 0. The molecule has 2 N–H and O–H groups in total. The predicted molar refractivity (Wildman–Crippen MR) is 26.2 cm³/mol. The van der Waals surface area contributed by atoms with Crippen LogP contribution in [0.5, 0.6) is 0 Å². The number of carbonyl (C=O) groups is 1. The second kappa shape index (κ2) is 1.69. The van der Waals surface area contributed by atoms with Gasteiger partial charge in [0, 0.05) is 0 Å². The van der Waals surface area contributed by atoms with Crippen LogP contribution in [0.3, 0.4) is 0 Å². The van der Waals surface area contributed by atoms with Crippen LogP contribution < -0.4 is 0 Å². The highest BCUT2D eigenvalue weighted by Gasteiger charge is 2.24. The fourth-order valence-corrected chi connectivity index (χ4v) is 0.566. The molecule has 0 aromatic heterocycles. The van der Waals surface area contributed by atoms with Gasteiger partial charge in [-0.05, 0) is 12.2 Å². The Bertz CT molecular complexity index is 139. The molecule has 0 aromatic carbocycles. The molecule has 0 radical (unpaired) electrons. The number of carbonyl (C=O) groups excluding carboxylic acids is 1. The first-order valence-electron chi connectivity index (χ1n) is 2.30. The number of hydrogen-bond donors (Lipinski definition) is 2. The van der Waals surface area contributed by atoms with E-state index in [1.54, 1.807) is 0 Å². The van der Waals surface area contributed by atoms with Crippen molar-refractivity contribution < 1.29 is 15.0 Å². The van der Waals surface area contributed by atoms with Crippen LogP contribution in [0.2, 0.25) is 0 Å². The first kappa shape index (κ1) is 5.47. The van der Waals surface area contributed by atoms with Gasteiger partial charge >= 0.3 is 0 Å². The smallest absolute Gasteiger partial charge is 0.186 e. The minimum Gasteiger partial charge on any atom is -0.386 e. The van der Waals surface area contributed by atoms with Crippen LogP contribution in [0.4, 0.5) is 0 Å². The van der Waals surface area contributed by atoms with Crippen molar-refractivity contribution in [2.24, 2.45) is 0 Å². The Morgan fingerprint density at radius 3 is 2.25 bits per heavy atom. The predicted octanol–water partition coefficient (Wildman–Crippen LogP) is -1.15. The number of hydrogen-bond acceptors (Lipinski definition) is 3. The van der Waals surface area contributed by atoms with Crippen LogP contribution in [0.1, 0.15) is 0 Å². The molecule has 1 aliphatic rings. The van der Waals surface area contributed by atoms with Gasteiger partial charge in [-0.3, -0.25) is 4.79 Å². The highest BCUT2D eigenvalue weighted by Crippen LogP contribution is 2.05. The minimum absolute atomic E-state index is 0.419. The summed E-state index contributed by atoms with van der Waals surface area (Å²) in [5, 5.41) is 17.2. The van der Waals surface area contributed by atoms with E-state index in [0.29, 0.717) is 0 Å². The number of aliphatic hydroxyl groups is 2. The Morgan fingerprint density at radius 1 is 1.50 bits per heavy atom. The van der Waals surface area contributed by atoms with E-state index in [1.165, 1.54) is 12.2 Å². The Kier molecular flexibility index (Phi) is 1.15. The third-order valence-electron chi connectivity index (χ3n) is 1.07. The zero-order chi connectivity index (χ0) is 6.15. The van der Waals surface area contributed by atoms with Crippen LogP contribution in [0, 0.1) is 0 Å². The van der Waals surface area contributed by atoms with Gasteiger partial charge in [0.25, 0.3) is 0 Å². The van der Waals surface area contributed by atoms with Gasteiger partial charge in [0.2, 0.25) is 0 Å². The van der Waals surface area contributed by atoms with Gasteiger partial charge in [-0.15, -0.1) is 0 Å². The largest absolute Gasteiger partial charge is 0.386 e. The van der Waals surface area contributed by atoms with Crippen molar-refractivity contribution in [2.45, 2.75) is 12.2 Å². The van der Waals surface area contributed by atoms with Gasteiger partial charge in [0.1, 0.15) is 12.2 Å². The summed E-state index contributed by atoms with van der Waals surface area (Å²) in [6.45, 7) is 0. The first-order valence-corrected chi connectivity index (χ1v) is 2.30. The normalized spacial score (nSPS) is 36.5. The molecule has 0 bridgehead atoms. The van der Waals surface area contributed by atoms with Crippen molar-refractivity contribution >= 4 is 5.78 Å². The highest BCUT2D eigenvalue weighted by atomic mass is 16.3. The van der Waals surface area contributed by atoms with Gasteiger partial charge in [0.15, 0.2) is 5.78 Å². The molecule has 0 saturated heterocycles. The maximum atomic E-state index is 10.3. The monoisotopic (exact) mass is 114 g/mol. The third-order valence-corrected chi connectivity index (χ3v) is 1.07. The maximum Gasteiger partial charge on any atom is 0.186 e. The minimum atomic E-state index is -1.21. The molecule has 3 nitrogen and oxygen atoms in total. The second-order valence-electron chi connectivity index (χ2n) is 1.70. The molecular formula is C5H6O3. The maximum absolute atomic E-state index is 10.3.